The highest BCUT2D eigenvalue weighted by atomic mass is 32.1. The summed E-state index contributed by atoms with van der Waals surface area (Å²) in [5, 5.41) is 3.33. The number of ether oxygens (including phenoxy) is 2. The van der Waals surface area contributed by atoms with E-state index < -0.39 is 0 Å². The van der Waals surface area contributed by atoms with Crippen LogP contribution >= 0.6 is 11.3 Å². The molecule has 2 aromatic carbocycles. The molecule has 1 amide bonds. The first-order valence-corrected chi connectivity index (χ1v) is 9.57. The summed E-state index contributed by atoms with van der Waals surface area (Å²) in [7, 11) is 0. The number of amides is 1. The van der Waals surface area contributed by atoms with Crippen LogP contribution in [0, 0.1) is 0 Å². The van der Waals surface area contributed by atoms with E-state index >= 15 is 0 Å². The summed E-state index contributed by atoms with van der Waals surface area (Å²) in [5.41, 5.74) is 1.16. The summed E-state index contributed by atoms with van der Waals surface area (Å²) in [4.78, 5) is 21.2. The van der Waals surface area contributed by atoms with Crippen LogP contribution in [-0.4, -0.2) is 22.5 Å². The van der Waals surface area contributed by atoms with E-state index in [0.29, 0.717) is 28.9 Å². The van der Waals surface area contributed by atoms with Crippen LogP contribution in [-0.2, 0) is 0 Å². The van der Waals surface area contributed by atoms with Gasteiger partial charge in [-0.15, -0.1) is 0 Å². The summed E-state index contributed by atoms with van der Waals surface area (Å²) in [6.07, 6.45) is 1.59. The van der Waals surface area contributed by atoms with E-state index in [1.54, 1.807) is 18.3 Å². The number of hydrogen-bond acceptors (Lipinski definition) is 6. The van der Waals surface area contributed by atoms with Gasteiger partial charge >= 0.3 is 0 Å². The number of thiazole rings is 1. The molecule has 1 N–H and O–H groups in total. The number of nitrogens with zero attached hydrogens (tertiary/aromatic N) is 2. The van der Waals surface area contributed by atoms with E-state index in [4.69, 9.17) is 9.47 Å². The fourth-order valence-corrected chi connectivity index (χ4v) is 3.52. The molecule has 28 heavy (non-hydrogen) atoms. The molecule has 4 rings (SSSR count). The standard InChI is InChI=1S/C21H17N3O3S/c1-2-26-20-16(9-6-12-22-20)19(25)24-21-23-17-11-10-15(13-18(17)28-21)27-14-7-4-3-5-8-14/h3-13H,2H2,1H3,(H,23,24,25). The molecule has 0 atom stereocenters. The number of hydrogen-bond donors (Lipinski definition) is 1. The molecule has 140 valence electrons. The third-order valence-corrected chi connectivity index (χ3v) is 4.79. The Balaban J connectivity index is 1.54. The van der Waals surface area contributed by atoms with Crippen LogP contribution in [0.15, 0.2) is 66.9 Å². The van der Waals surface area contributed by atoms with Crippen LogP contribution in [0.2, 0.25) is 0 Å². The van der Waals surface area contributed by atoms with Crippen LogP contribution in [0.5, 0.6) is 17.4 Å². The molecule has 0 radical (unpaired) electrons. The lowest BCUT2D eigenvalue weighted by molar-refractivity contribution is 0.102. The van der Waals surface area contributed by atoms with Crippen molar-refractivity contribution in [1.29, 1.82) is 0 Å². The first-order chi connectivity index (χ1) is 13.7. The molecule has 4 aromatic rings. The van der Waals surface area contributed by atoms with Crippen molar-refractivity contribution in [2.45, 2.75) is 6.92 Å². The van der Waals surface area contributed by atoms with Gasteiger partial charge in [-0.05, 0) is 43.3 Å². The smallest absolute Gasteiger partial charge is 0.262 e. The highest BCUT2D eigenvalue weighted by Crippen LogP contribution is 2.31. The Labute approximate surface area is 165 Å². The van der Waals surface area contributed by atoms with Crippen molar-refractivity contribution in [2.75, 3.05) is 11.9 Å². The minimum Gasteiger partial charge on any atom is -0.477 e. The molecule has 2 aromatic heterocycles. The SMILES string of the molecule is CCOc1ncccc1C(=O)Nc1nc2ccc(Oc3ccccc3)cc2s1. The van der Waals surface area contributed by atoms with Crippen LogP contribution in [0.3, 0.4) is 0 Å². The van der Waals surface area contributed by atoms with Gasteiger partial charge < -0.3 is 9.47 Å². The molecular formula is C21H17N3O3S. The van der Waals surface area contributed by atoms with Crippen molar-refractivity contribution in [1.82, 2.24) is 9.97 Å². The Kier molecular flexibility index (Phi) is 5.16. The summed E-state index contributed by atoms with van der Waals surface area (Å²) in [6.45, 7) is 2.28. The number of carbonyl (C=O) groups is 1. The number of pyridine rings is 1. The Bertz CT molecular complexity index is 1110. The van der Waals surface area contributed by atoms with Crippen molar-refractivity contribution in [3.05, 3.63) is 72.4 Å². The largest absolute Gasteiger partial charge is 0.477 e. The van der Waals surface area contributed by atoms with Crippen molar-refractivity contribution in [2.24, 2.45) is 0 Å². The number of benzene rings is 2. The summed E-state index contributed by atoms with van der Waals surface area (Å²) >= 11 is 1.38. The lowest BCUT2D eigenvalue weighted by Crippen LogP contribution is -2.14. The van der Waals surface area contributed by atoms with E-state index in [-0.39, 0.29) is 5.91 Å². The van der Waals surface area contributed by atoms with Crippen molar-refractivity contribution in [3.63, 3.8) is 0 Å². The normalized spacial score (nSPS) is 10.6. The van der Waals surface area contributed by atoms with Crippen LogP contribution in [0.25, 0.3) is 10.2 Å². The molecular weight excluding hydrogens is 374 g/mol. The minimum atomic E-state index is -0.309. The molecule has 6 nitrogen and oxygen atoms in total. The van der Waals surface area contributed by atoms with E-state index in [9.17, 15) is 4.79 Å². The van der Waals surface area contributed by atoms with Gasteiger partial charge in [-0.2, -0.15) is 0 Å². The second-order valence-electron chi connectivity index (χ2n) is 5.81. The second kappa shape index (κ2) is 8.06. The maximum atomic E-state index is 12.6. The zero-order chi connectivity index (χ0) is 19.3. The predicted octanol–water partition coefficient (Wildman–Crippen LogP) is 5.13. The summed E-state index contributed by atoms with van der Waals surface area (Å²) in [5.74, 6) is 1.48. The molecule has 0 saturated heterocycles. The number of fused-ring (bicyclic) bond motifs is 1. The van der Waals surface area contributed by atoms with Gasteiger partial charge in [0.1, 0.15) is 17.1 Å². The lowest BCUT2D eigenvalue weighted by atomic mass is 10.2. The van der Waals surface area contributed by atoms with Crippen LogP contribution in [0.1, 0.15) is 17.3 Å². The molecule has 0 spiro atoms. The summed E-state index contributed by atoms with van der Waals surface area (Å²) < 4.78 is 12.2. The molecule has 0 bridgehead atoms. The minimum absolute atomic E-state index is 0.308. The van der Waals surface area contributed by atoms with Crippen molar-refractivity contribution < 1.29 is 14.3 Å². The third-order valence-electron chi connectivity index (χ3n) is 3.86. The average Bonchev–Trinajstić information content (AvgIpc) is 3.11. The highest BCUT2D eigenvalue weighted by Gasteiger charge is 2.15. The number of anilines is 1. The van der Waals surface area contributed by atoms with Crippen LogP contribution < -0.4 is 14.8 Å². The number of aromatic nitrogens is 2. The Morgan fingerprint density at radius 3 is 2.75 bits per heavy atom. The van der Waals surface area contributed by atoms with E-state index in [1.165, 1.54) is 11.3 Å². The first-order valence-electron chi connectivity index (χ1n) is 8.75. The second-order valence-corrected chi connectivity index (χ2v) is 6.84. The monoisotopic (exact) mass is 391 g/mol. The summed E-state index contributed by atoms with van der Waals surface area (Å²) in [6, 6.07) is 18.6. The van der Waals surface area contributed by atoms with Gasteiger partial charge in [0, 0.05) is 12.3 Å². The maximum Gasteiger partial charge on any atom is 0.262 e. The van der Waals surface area contributed by atoms with Gasteiger partial charge in [-0.25, -0.2) is 9.97 Å². The van der Waals surface area contributed by atoms with Gasteiger partial charge in [0.05, 0.1) is 16.8 Å². The number of para-hydroxylation sites is 1. The van der Waals surface area contributed by atoms with E-state index in [0.717, 1.165) is 16.0 Å². The molecule has 0 aliphatic heterocycles. The predicted molar refractivity (Wildman–Crippen MR) is 109 cm³/mol. The van der Waals surface area contributed by atoms with Gasteiger partial charge in [0.2, 0.25) is 5.88 Å². The topological polar surface area (TPSA) is 73.3 Å². The number of nitrogens with one attached hydrogen (secondary N) is 1. The quantitative estimate of drug-likeness (QED) is 0.493. The van der Waals surface area contributed by atoms with Crippen LogP contribution in [0.4, 0.5) is 5.13 Å². The van der Waals surface area contributed by atoms with E-state index in [1.807, 2.05) is 55.5 Å². The fourth-order valence-electron chi connectivity index (χ4n) is 2.63. The van der Waals surface area contributed by atoms with Crippen molar-refractivity contribution in [3.8, 4) is 17.4 Å². The Morgan fingerprint density at radius 1 is 1.07 bits per heavy atom. The Morgan fingerprint density at radius 2 is 1.93 bits per heavy atom. The maximum absolute atomic E-state index is 12.6. The molecule has 0 fully saturated rings. The Hall–Kier alpha value is -3.45. The van der Waals surface area contributed by atoms with Gasteiger partial charge in [0.15, 0.2) is 5.13 Å². The first kappa shape index (κ1) is 17.9. The zero-order valence-corrected chi connectivity index (χ0v) is 15.9. The average molecular weight is 391 g/mol. The molecule has 0 saturated carbocycles. The molecule has 2 heterocycles. The molecule has 0 unspecified atom stereocenters. The fraction of sp³-hybridized carbons (Fsp3) is 0.0952. The molecule has 0 aliphatic carbocycles. The number of carbonyl (C=O) groups excluding carboxylic acids is 1. The van der Waals surface area contributed by atoms with Gasteiger partial charge in [-0.1, -0.05) is 29.5 Å². The van der Waals surface area contributed by atoms with Gasteiger partial charge in [-0.3, -0.25) is 10.1 Å². The van der Waals surface area contributed by atoms with Crippen molar-refractivity contribution >= 4 is 32.6 Å². The van der Waals surface area contributed by atoms with Gasteiger partial charge in [0.25, 0.3) is 5.91 Å². The zero-order valence-electron chi connectivity index (χ0n) is 15.1. The highest BCUT2D eigenvalue weighted by molar-refractivity contribution is 7.22. The lowest BCUT2D eigenvalue weighted by Gasteiger charge is -2.07. The molecule has 7 heteroatoms. The number of rotatable bonds is 6. The third kappa shape index (κ3) is 3.94. The molecule has 0 aliphatic rings. The van der Waals surface area contributed by atoms with E-state index in [2.05, 4.69) is 15.3 Å².